The molecule has 226 valence electrons. The smallest absolute Gasteiger partial charge is 0.278 e. The van der Waals surface area contributed by atoms with Crippen LogP contribution in [-0.2, 0) is 15.2 Å². The third-order valence-electron chi connectivity index (χ3n) is 8.32. The van der Waals surface area contributed by atoms with E-state index in [1.807, 2.05) is 30.3 Å². The molecule has 0 aliphatic carbocycles. The van der Waals surface area contributed by atoms with Gasteiger partial charge in [0.1, 0.15) is 25.1 Å². The lowest BCUT2D eigenvalue weighted by Gasteiger charge is -2.50. The number of rotatable bonds is 6. The van der Waals surface area contributed by atoms with E-state index in [9.17, 15) is 14.7 Å². The predicted octanol–water partition coefficient (Wildman–Crippen LogP) is 4.34. The lowest BCUT2D eigenvalue weighted by atomic mass is 9.87. The summed E-state index contributed by atoms with van der Waals surface area (Å²) >= 11 is 1.37. The van der Waals surface area contributed by atoms with Gasteiger partial charge in [-0.2, -0.15) is 0 Å². The Hall–Kier alpha value is -3.87. The zero-order valence-electron chi connectivity index (χ0n) is 23.7. The zero-order chi connectivity index (χ0) is 30.3. The summed E-state index contributed by atoms with van der Waals surface area (Å²) in [5, 5.41) is 12.9. The number of amides is 1. The first-order valence-electron chi connectivity index (χ1n) is 13.9. The topological polar surface area (TPSA) is 93.5 Å². The molecule has 2 bridgehead atoms. The number of methoxy groups -OCH3 is 2. The van der Waals surface area contributed by atoms with Gasteiger partial charge in [-0.1, -0.05) is 24.3 Å². The fourth-order valence-electron chi connectivity index (χ4n) is 6.18. The SMILES string of the molecule is COCCC1(CCOC)/C=C/COc2cc(F)c(F)c3c2C(c2ccccc2SC3)N2CN1C(=O)c1c(O)c(=O)ccn12. The molecule has 1 unspecified atom stereocenters. The van der Waals surface area contributed by atoms with E-state index < -0.39 is 40.3 Å². The molecule has 3 aliphatic heterocycles. The molecule has 4 heterocycles. The molecule has 2 aromatic carbocycles. The summed E-state index contributed by atoms with van der Waals surface area (Å²) in [5.74, 6) is -2.96. The maximum atomic E-state index is 15.6. The second kappa shape index (κ2) is 11.7. The molecule has 6 rings (SSSR count). The van der Waals surface area contributed by atoms with Gasteiger partial charge in [-0.25, -0.2) is 8.78 Å². The molecule has 0 saturated carbocycles. The van der Waals surface area contributed by atoms with E-state index in [0.717, 1.165) is 16.5 Å². The highest BCUT2D eigenvalue weighted by atomic mass is 32.2. The lowest BCUT2D eigenvalue weighted by molar-refractivity contribution is 0.0276. The molecule has 0 saturated heterocycles. The molecule has 3 aliphatic rings. The number of ether oxygens (including phenoxy) is 3. The summed E-state index contributed by atoms with van der Waals surface area (Å²) in [4.78, 5) is 29.5. The van der Waals surface area contributed by atoms with E-state index in [1.165, 1.54) is 28.7 Å². The first-order chi connectivity index (χ1) is 20.8. The van der Waals surface area contributed by atoms with Gasteiger partial charge in [-0.15, -0.1) is 11.8 Å². The van der Waals surface area contributed by atoms with Crippen molar-refractivity contribution in [3.05, 3.63) is 99.0 Å². The molecule has 1 amide bonds. The predicted molar refractivity (Wildman–Crippen MR) is 156 cm³/mol. The van der Waals surface area contributed by atoms with Crippen molar-refractivity contribution in [3.8, 4) is 11.5 Å². The number of benzene rings is 2. The van der Waals surface area contributed by atoms with Crippen molar-refractivity contribution in [2.45, 2.75) is 35.1 Å². The van der Waals surface area contributed by atoms with Crippen LogP contribution in [-0.4, -0.2) is 66.8 Å². The first-order valence-corrected chi connectivity index (χ1v) is 14.8. The molecular formula is C31H31F2N3O6S. The molecule has 0 spiro atoms. The maximum absolute atomic E-state index is 15.6. The number of nitrogens with zero attached hydrogens (tertiary/aromatic N) is 3. The minimum Gasteiger partial charge on any atom is -0.502 e. The van der Waals surface area contributed by atoms with E-state index >= 15 is 8.78 Å². The van der Waals surface area contributed by atoms with Crippen LogP contribution in [0.1, 0.15) is 46.1 Å². The number of carbonyl (C=O) groups excluding carboxylic acids is 1. The standard InChI is InChI=1S/C31H31F2N3O6S/c1-40-14-10-31(11-15-41-2)9-5-13-42-23-16-21(32)26(33)20-17-43-24-7-4-3-6-19(24)27(25(20)23)36-18-34(31)30(39)28-29(38)22(37)8-12-35(28)36/h3-9,12,16,27,38H,10-11,13-15,17-18H2,1-2H3/b9-5+. The third-order valence-corrected chi connectivity index (χ3v) is 9.44. The summed E-state index contributed by atoms with van der Waals surface area (Å²) in [7, 11) is 3.13. The molecule has 0 radical (unpaired) electrons. The number of carbonyl (C=O) groups is 1. The Labute approximate surface area is 251 Å². The summed E-state index contributed by atoms with van der Waals surface area (Å²) in [6, 6.07) is 8.97. The number of aromatic nitrogens is 1. The Bertz CT molecular complexity index is 1650. The average Bonchev–Trinajstić information content (AvgIpc) is 3.19. The first kappa shape index (κ1) is 29.2. The average molecular weight is 612 g/mol. The van der Waals surface area contributed by atoms with Crippen LogP contribution in [0, 0.1) is 11.6 Å². The molecule has 43 heavy (non-hydrogen) atoms. The fraction of sp³-hybridized carbons (Fsp3) is 0.355. The molecule has 9 nitrogen and oxygen atoms in total. The monoisotopic (exact) mass is 611 g/mol. The molecule has 0 fully saturated rings. The van der Waals surface area contributed by atoms with Crippen molar-refractivity contribution in [2.75, 3.05) is 45.7 Å². The zero-order valence-corrected chi connectivity index (χ0v) is 24.5. The van der Waals surface area contributed by atoms with Gasteiger partial charge in [0.05, 0.1) is 5.54 Å². The highest BCUT2D eigenvalue weighted by Gasteiger charge is 2.47. The van der Waals surface area contributed by atoms with Gasteiger partial charge in [0.15, 0.2) is 23.1 Å². The number of thioether (sulfide) groups is 1. The van der Waals surface area contributed by atoms with Gasteiger partial charge in [0.25, 0.3) is 5.91 Å². The summed E-state index contributed by atoms with van der Waals surface area (Å²) < 4.78 is 49.2. The number of halogens is 2. The van der Waals surface area contributed by atoms with Gasteiger partial charge < -0.3 is 24.2 Å². The maximum Gasteiger partial charge on any atom is 0.278 e. The summed E-state index contributed by atoms with van der Waals surface area (Å²) in [6.45, 7) is 0.554. The normalized spacial score (nSPS) is 19.3. The van der Waals surface area contributed by atoms with E-state index in [-0.39, 0.29) is 49.2 Å². The van der Waals surface area contributed by atoms with Crippen LogP contribution in [0.5, 0.6) is 11.5 Å². The van der Waals surface area contributed by atoms with Crippen molar-refractivity contribution >= 4 is 17.7 Å². The van der Waals surface area contributed by atoms with Crippen LogP contribution in [0.4, 0.5) is 8.78 Å². The Kier molecular flexibility index (Phi) is 7.92. The van der Waals surface area contributed by atoms with Gasteiger partial charge in [-0.05, 0) is 30.5 Å². The summed E-state index contributed by atoms with van der Waals surface area (Å²) in [6.07, 6.45) is 5.72. The summed E-state index contributed by atoms with van der Waals surface area (Å²) in [5.41, 5.74) is -0.619. The fourth-order valence-corrected chi connectivity index (χ4v) is 7.28. The highest BCUT2D eigenvalue weighted by Crippen LogP contribution is 2.48. The van der Waals surface area contributed by atoms with Crippen LogP contribution in [0.15, 0.2) is 64.4 Å². The van der Waals surface area contributed by atoms with Gasteiger partial charge in [0, 0.05) is 67.5 Å². The number of aromatic hydroxyl groups is 1. The van der Waals surface area contributed by atoms with Gasteiger partial charge in [-0.3, -0.25) is 19.3 Å². The van der Waals surface area contributed by atoms with E-state index in [0.29, 0.717) is 18.4 Å². The molecule has 3 aromatic rings. The van der Waals surface area contributed by atoms with Crippen molar-refractivity contribution in [2.24, 2.45) is 0 Å². The highest BCUT2D eigenvalue weighted by molar-refractivity contribution is 7.98. The Morgan fingerprint density at radius 3 is 2.60 bits per heavy atom. The van der Waals surface area contributed by atoms with Gasteiger partial charge >= 0.3 is 0 Å². The Balaban J connectivity index is 1.70. The molecule has 12 heteroatoms. The van der Waals surface area contributed by atoms with Crippen molar-refractivity contribution in [1.82, 2.24) is 9.58 Å². The molecule has 1 atom stereocenters. The Morgan fingerprint density at radius 1 is 1.12 bits per heavy atom. The van der Waals surface area contributed by atoms with Crippen LogP contribution in [0.25, 0.3) is 0 Å². The number of hydrogen-bond donors (Lipinski definition) is 1. The quantitative estimate of drug-likeness (QED) is 0.412. The van der Waals surface area contributed by atoms with Crippen LogP contribution >= 0.6 is 11.8 Å². The number of fused-ring (bicyclic) bond motifs is 7. The number of hydrogen-bond acceptors (Lipinski definition) is 8. The van der Waals surface area contributed by atoms with Crippen molar-refractivity contribution < 1.29 is 32.9 Å². The molecular weight excluding hydrogens is 580 g/mol. The molecule has 1 aromatic heterocycles. The van der Waals surface area contributed by atoms with Crippen molar-refractivity contribution in [3.63, 3.8) is 0 Å². The Morgan fingerprint density at radius 2 is 1.86 bits per heavy atom. The van der Waals surface area contributed by atoms with E-state index in [2.05, 4.69) is 0 Å². The second-order valence-corrected chi connectivity index (χ2v) is 11.6. The van der Waals surface area contributed by atoms with E-state index in [1.54, 1.807) is 30.2 Å². The minimum absolute atomic E-state index is 0.0127. The molecule has 1 N–H and O–H groups in total. The minimum atomic E-state index is -1.02. The second-order valence-electron chi connectivity index (χ2n) is 10.6. The van der Waals surface area contributed by atoms with Crippen LogP contribution < -0.4 is 15.2 Å². The van der Waals surface area contributed by atoms with E-state index in [4.69, 9.17) is 14.2 Å². The van der Waals surface area contributed by atoms with Crippen LogP contribution in [0.2, 0.25) is 0 Å². The number of pyridine rings is 1. The largest absolute Gasteiger partial charge is 0.502 e. The van der Waals surface area contributed by atoms with Gasteiger partial charge in [0.2, 0.25) is 5.43 Å². The lowest BCUT2D eigenvalue weighted by Crippen LogP contribution is -2.63. The van der Waals surface area contributed by atoms with Crippen molar-refractivity contribution in [1.29, 1.82) is 0 Å². The van der Waals surface area contributed by atoms with Crippen LogP contribution in [0.3, 0.4) is 0 Å². The third kappa shape index (κ3) is 4.87.